The molecular weight excluding hydrogens is 245 g/mol. The molecule has 2 N–H and O–H groups in total. The van der Waals surface area contributed by atoms with Crippen molar-refractivity contribution in [1.82, 2.24) is 9.59 Å². The predicted octanol–water partition coefficient (Wildman–Crippen LogP) is 1.94. The van der Waals surface area contributed by atoms with Crippen LogP contribution < -0.4 is 5.32 Å². The molecule has 1 aromatic heterocycles. The van der Waals surface area contributed by atoms with E-state index < -0.39 is 11.7 Å². The molecule has 0 fully saturated rings. The number of anilines is 1. The standard InChI is InChI=1S/C10H8FN3O2S/c1-5-9(17-14-13-5)10(16)12-8-3-2-6(15)4-7(8)11/h2-4,15H,1H3,(H,12,16). The van der Waals surface area contributed by atoms with Crippen molar-refractivity contribution < 1.29 is 14.3 Å². The topological polar surface area (TPSA) is 75.1 Å². The zero-order valence-corrected chi connectivity index (χ0v) is 9.58. The van der Waals surface area contributed by atoms with Gasteiger partial charge in [-0.15, -0.1) is 5.10 Å². The average Bonchev–Trinajstić information content (AvgIpc) is 2.68. The number of hydrogen-bond donors (Lipinski definition) is 2. The van der Waals surface area contributed by atoms with Gasteiger partial charge in [0.15, 0.2) is 0 Å². The van der Waals surface area contributed by atoms with Gasteiger partial charge in [0.25, 0.3) is 5.91 Å². The fraction of sp³-hybridized carbons (Fsp3) is 0.100. The van der Waals surface area contributed by atoms with Crippen molar-refractivity contribution in [2.24, 2.45) is 0 Å². The van der Waals surface area contributed by atoms with Gasteiger partial charge in [-0.1, -0.05) is 4.49 Å². The monoisotopic (exact) mass is 253 g/mol. The Hall–Kier alpha value is -2.02. The molecule has 5 nitrogen and oxygen atoms in total. The number of carbonyl (C=O) groups excluding carboxylic acids is 1. The second-order valence-corrected chi connectivity index (χ2v) is 4.06. The molecule has 0 bridgehead atoms. The van der Waals surface area contributed by atoms with Crippen LogP contribution in [-0.2, 0) is 0 Å². The Morgan fingerprint density at radius 1 is 1.53 bits per heavy atom. The first kappa shape index (κ1) is 11.5. The molecule has 0 aliphatic rings. The van der Waals surface area contributed by atoms with E-state index in [0.717, 1.165) is 17.6 Å². The third-order valence-electron chi connectivity index (χ3n) is 2.06. The fourth-order valence-electron chi connectivity index (χ4n) is 1.22. The molecule has 2 rings (SSSR count). The summed E-state index contributed by atoms with van der Waals surface area (Å²) in [5.74, 6) is -1.37. The number of phenolic OH excluding ortho intramolecular Hbond substituents is 1. The normalized spacial score (nSPS) is 10.2. The lowest BCUT2D eigenvalue weighted by atomic mass is 10.2. The summed E-state index contributed by atoms with van der Waals surface area (Å²) in [4.78, 5) is 12.1. The van der Waals surface area contributed by atoms with E-state index in [1.807, 2.05) is 0 Å². The number of halogens is 1. The summed E-state index contributed by atoms with van der Waals surface area (Å²) in [5.41, 5.74) is 0.493. The molecule has 17 heavy (non-hydrogen) atoms. The molecule has 0 spiro atoms. The number of aromatic nitrogens is 2. The van der Waals surface area contributed by atoms with Gasteiger partial charge in [0, 0.05) is 6.07 Å². The quantitative estimate of drug-likeness (QED) is 0.802. The number of aryl methyl sites for hydroxylation is 1. The summed E-state index contributed by atoms with van der Waals surface area (Å²) in [6.45, 7) is 1.64. The molecule has 7 heteroatoms. The molecule has 88 valence electrons. The summed E-state index contributed by atoms with van der Waals surface area (Å²) in [6, 6.07) is 3.50. The highest BCUT2D eigenvalue weighted by Gasteiger charge is 2.15. The van der Waals surface area contributed by atoms with Gasteiger partial charge in [-0.2, -0.15) is 0 Å². The maximum absolute atomic E-state index is 13.4. The first-order valence-corrected chi connectivity index (χ1v) is 5.44. The van der Waals surface area contributed by atoms with Gasteiger partial charge in [-0.3, -0.25) is 4.79 Å². The summed E-state index contributed by atoms with van der Waals surface area (Å²) in [5, 5.41) is 15.1. The SMILES string of the molecule is Cc1nnsc1C(=O)Nc1ccc(O)cc1F. The average molecular weight is 253 g/mol. The minimum absolute atomic E-state index is 0.000556. The molecule has 0 saturated heterocycles. The third kappa shape index (κ3) is 2.39. The molecule has 0 unspecified atom stereocenters. The highest BCUT2D eigenvalue weighted by atomic mass is 32.1. The van der Waals surface area contributed by atoms with E-state index in [4.69, 9.17) is 5.11 Å². The largest absolute Gasteiger partial charge is 0.508 e. The number of hydrogen-bond acceptors (Lipinski definition) is 5. The van der Waals surface area contributed by atoms with Crippen molar-refractivity contribution in [3.63, 3.8) is 0 Å². The maximum Gasteiger partial charge on any atom is 0.269 e. The van der Waals surface area contributed by atoms with E-state index in [0.29, 0.717) is 10.6 Å². The predicted molar refractivity (Wildman–Crippen MR) is 60.7 cm³/mol. The lowest BCUT2D eigenvalue weighted by molar-refractivity contribution is 0.102. The van der Waals surface area contributed by atoms with Crippen LogP contribution in [0.15, 0.2) is 18.2 Å². The number of nitrogens with zero attached hydrogens (tertiary/aromatic N) is 2. The molecule has 1 amide bonds. The molecule has 1 heterocycles. The highest BCUT2D eigenvalue weighted by molar-refractivity contribution is 7.08. The Kier molecular flexibility index (Phi) is 3.01. The number of benzene rings is 1. The van der Waals surface area contributed by atoms with Crippen molar-refractivity contribution in [2.45, 2.75) is 6.92 Å². The maximum atomic E-state index is 13.4. The van der Waals surface area contributed by atoms with Crippen LogP contribution in [0.25, 0.3) is 0 Å². The molecule has 1 aromatic carbocycles. The zero-order chi connectivity index (χ0) is 12.4. The molecule has 0 aliphatic carbocycles. The smallest absolute Gasteiger partial charge is 0.269 e. The van der Waals surface area contributed by atoms with Crippen molar-refractivity contribution in [1.29, 1.82) is 0 Å². The van der Waals surface area contributed by atoms with E-state index in [1.54, 1.807) is 6.92 Å². The van der Waals surface area contributed by atoms with E-state index >= 15 is 0 Å². The van der Waals surface area contributed by atoms with Crippen molar-refractivity contribution in [3.05, 3.63) is 34.6 Å². The van der Waals surface area contributed by atoms with Crippen LogP contribution in [0.3, 0.4) is 0 Å². The Morgan fingerprint density at radius 2 is 2.29 bits per heavy atom. The summed E-state index contributed by atoms with van der Waals surface area (Å²) in [6.07, 6.45) is 0. The number of carbonyl (C=O) groups is 1. The first-order chi connectivity index (χ1) is 8.08. The first-order valence-electron chi connectivity index (χ1n) is 4.67. The number of aromatic hydroxyl groups is 1. The second-order valence-electron chi connectivity index (χ2n) is 3.31. The second kappa shape index (κ2) is 4.46. The Bertz CT molecular complexity index is 570. The minimum Gasteiger partial charge on any atom is -0.508 e. The number of nitrogens with one attached hydrogen (secondary N) is 1. The van der Waals surface area contributed by atoms with Crippen LogP contribution in [-0.4, -0.2) is 20.6 Å². The third-order valence-corrected chi connectivity index (χ3v) is 2.89. The molecule has 2 aromatic rings. The van der Waals surface area contributed by atoms with Gasteiger partial charge in [-0.25, -0.2) is 4.39 Å². The fourth-order valence-corrected chi connectivity index (χ4v) is 1.78. The Labute approximate surface area is 100 Å². The van der Waals surface area contributed by atoms with Crippen molar-refractivity contribution >= 4 is 23.1 Å². The van der Waals surface area contributed by atoms with E-state index in [1.165, 1.54) is 12.1 Å². The number of amides is 1. The van der Waals surface area contributed by atoms with Crippen LogP contribution in [0.4, 0.5) is 10.1 Å². The summed E-state index contributed by atoms with van der Waals surface area (Å²) >= 11 is 0.941. The van der Waals surface area contributed by atoms with Crippen LogP contribution in [0.1, 0.15) is 15.4 Å². The van der Waals surface area contributed by atoms with Gasteiger partial charge >= 0.3 is 0 Å². The van der Waals surface area contributed by atoms with Crippen LogP contribution in [0.5, 0.6) is 5.75 Å². The molecule has 0 saturated carbocycles. The van der Waals surface area contributed by atoms with Gasteiger partial charge in [0.05, 0.1) is 11.4 Å². The van der Waals surface area contributed by atoms with Crippen molar-refractivity contribution in [3.8, 4) is 5.75 Å². The van der Waals surface area contributed by atoms with Gasteiger partial charge < -0.3 is 10.4 Å². The number of phenols is 1. The van der Waals surface area contributed by atoms with E-state index in [9.17, 15) is 9.18 Å². The van der Waals surface area contributed by atoms with Crippen molar-refractivity contribution in [2.75, 3.05) is 5.32 Å². The minimum atomic E-state index is -0.700. The highest BCUT2D eigenvalue weighted by Crippen LogP contribution is 2.20. The summed E-state index contributed by atoms with van der Waals surface area (Å²) < 4.78 is 17.0. The van der Waals surface area contributed by atoms with Crippen LogP contribution in [0, 0.1) is 12.7 Å². The lowest BCUT2D eigenvalue weighted by Gasteiger charge is -2.05. The van der Waals surface area contributed by atoms with E-state index in [2.05, 4.69) is 14.9 Å². The lowest BCUT2D eigenvalue weighted by Crippen LogP contribution is -2.12. The number of rotatable bonds is 2. The molecule has 0 radical (unpaired) electrons. The molecular formula is C10H8FN3O2S. The van der Waals surface area contributed by atoms with Crippen LogP contribution >= 0.6 is 11.5 Å². The molecule has 0 aliphatic heterocycles. The van der Waals surface area contributed by atoms with Gasteiger partial charge in [-0.05, 0) is 30.6 Å². The van der Waals surface area contributed by atoms with E-state index in [-0.39, 0.29) is 11.4 Å². The van der Waals surface area contributed by atoms with Gasteiger partial charge in [0.2, 0.25) is 0 Å². The van der Waals surface area contributed by atoms with Gasteiger partial charge in [0.1, 0.15) is 16.4 Å². The Morgan fingerprint density at radius 3 is 2.88 bits per heavy atom. The Balaban J connectivity index is 2.22. The summed E-state index contributed by atoms with van der Waals surface area (Å²) in [7, 11) is 0. The zero-order valence-electron chi connectivity index (χ0n) is 8.77. The molecule has 0 atom stereocenters. The van der Waals surface area contributed by atoms with Crippen LogP contribution in [0.2, 0.25) is 0 Å².